The predicted octanol–water partition coefficient (Wildman–Crippen LogP) is 2.76. The number of benzene rings is 1. The molecule has 24 heavy (non-hydrogen) atoms. The van der Waals surface area contributed by atoms with Crippen LogP contribution < -0.4 is 19.5 Å². The third kappa shape index (κ3) is 3.92. The highest BCUT2D eigenvalue weighted by Crippen LogP contribution is 2.19. The lowest BCUT2D eigenvalue weighted by Gasteiger charge is -1.99. The Morgan fingerprint density at radius 3 is 2.67 bits per heavy atom. The predicted molar refractivity (Wildman–Crippen MR) is 102 cm³/mol. The van der Waals surface area contributed by atoms with Crippen LogP contribution in [0.2, 0.25) is 0 Å². The third-order valence-electron chi connectivity index (χ3n) is 3.18. The second-order valence-electron chi connectivity index (χ2n) is 4.83. The largest absolute Gasteiger partial charge is 0.497 e. The van der Waals surface area contributed by atoms with Crippen molar-refractivity contribution in [1.29, 1.82) is 0 Å². The quantitative estimate of drug-likeness (QED) is 0.658. The minimum Gasteiger partial charge on any atom is -0.497 e. The van der Waals surface area contributed by atoms with Gasteiger partial charge in [0, 0.05) is 26.4 Å². The van der Waals surface area contributed by atoms with E-state index < -0.39 is 0 Å². The van der Waals surface area contributed by atoms with E-state index in [9.17, 15) is 9.59 Å². The van der Waals surface area contributed by atoms with E-state index in [0.29, 0.717) is 20.5 Å². The summed E-state index contributed by atoms with van der Waals surface area (Å²) >= 11 is 6.19. The molecule has 2 heterocycles. The monoisotopic (exact) mass is 421 g/mol. The topological polar surface area (TPSA) is 59.2 Å². The summed E-state index contributed by atoms with van der Waals surface area (Å²) in [6.45, 7) is 0. The highest BCUT2D eigenvalue weighted by atomic mass is 79.9. The molecule has 0 amide bonds. The lowest BCUT2D eigenvalue weighted by atomic mass is 10.1. The molecular weight excluding hydrogens is 410 g/mol. The highest BCUT2D eigenvalue weighted by Gasteiger charge is 2.04. The zero-order chi connectivity index (χ0) is 17.1. The average molecular weight is 422 g/mol. The number of ether oxygens (including phenoxy) is 1. The number of aromatic nitrogens is 1. The van der Waals surface area contributed by atoms with Crippen molar-refractivity contribution in [3.8, 4) is 5.75 Å². The molecule has 0 aliphatic heterocycles. The molecule has 0 bridgehead atoms. The average Bonchev–Trinajstić information content (AvgIpc) is 3.13. The highest BCUT2D eigenvalue weighted by molar-refractivity contribution is 9.10. The Kier molecular flexibility index (Phi) is 5.13. The Hall–Kier alpha value is -1.96. The van der Waals surface area contributed by atoms with E-state index in [1.165, 1.54) is 28.7 Å². The number of hydrogen-bond donors (Lipinski definition) is 1. The van der Waals surface area contributed by atoms with Crippen molar-refractivity contribution in [3.63, 3.8) is 0 Å². The number of H-pyrrole nitrogens is 1. The molecule has 1 aromatic carbocycles. The van der Waals surface area contributed by atoms with Crippen molar-refractivity contribution in [1.82, 2.24) is 4.98 Å². The normalized spacial score (nSPS) is 12.6. The molecule has 0 fully saturated rings. The van der Waals surface area contributed by atoms with Crippen LogP contribution in [0.4, 0.5) is 0 Å². The van der Waals surface area contributed by atoms with Crippen molar-refractivity contribution >= 4 is 56.5 Å². The van der Waals surface area contributed by atoms with Crippen molar-refractivity contribution in [2.45, 2.75) is 0 Å². The summed E-state index contributed by atoms with van der Waals surface area (Å²) in [5.74, 6) is 0.524. The molecule has 7 heteroatoms. The molecule has 4 nitrogen and oxygen atoms in total. The van der Waals surface area contributed by atoms with Gasteiger partial charge in [0.15, 0.2) is 5.78 Å². The Bertz CT molecular complexity index is 1040. The lowest BCUT2D eigenvalue weighted by molar-refractivity contribution is 0.106. The molecule has 0 radical (unpaired) electrons. The Morgan fingerprint density at radius 2 is 2.04 bits per heavy atom. The fourth-order valence-electron chi connectivity index (χ4n) is 2.02. The molecule has 2 aromatic heterocycles. The molecular formula is C17H12BrNO3S2. The van der Waals surface area contributed by atoms with Gasteiger partial charge in [0.1, 0.15) is 5.75 Å². The van der Waals surface area contributed by atoms with Crippen molar-refractivity contribution < 1.29 is 9.53 Å². The molecule has 0 unspecified atom stereocenters. The summed E-state index contributed by atoms with van der Waals surface area (Å²) in [5, 5.41) is 1.95. The van der Waals surface area contributed by atoms with Crippen LogP contribution in [0.15, 0.2) is 45.0 Å². The molecule has 0 spiro atoms. The number of aromatic amines is 1. The van der Waals surface area contributed by atoms with E-state index in [2.05, 4.69) is 20.9 Å². The molecule has 1 N–H and O–H groups in total. The van der Waals surface area contributed by atoms with Crippen molar-refractivity contribution in [2.24, 2.45) is 0 Å². The van der Waals surface area contributed by atoms with Crippen LogP contribution in [0.25, 0.3) is 12.2 Å². The fourth-order valence-corrected chi connectivity index (χ4v) is 4.34. The molecule has 122 valence electrons. The molecule has 0 aliphatic rings. The van der Waals surface area contributed by atoms with Gasteiger partial charge in [-0.2, -0.15) is 0 Å². The van der Waals surface area contributed by atoms with Crippen LogP contribution in [-0.4, -0.2) is 17.9 Å². The van der Waals surface area contributed by atoms with E-state index in [0.717, 1.165) is 9.35 Å². The van der Waals surface area contributed by atoms with Gasteiger partial charge in [-0.3, -0.25) is 9.59 Å². The van der Waals surface area contributed by atoms with E-state index >= 15 is 0 Å². The second-order valence-corrected chi connectivity index (χ2v) is 7.78. The summed E-state index contributed by atoms with van der Waals surface area (Å²) in [4.78, 5) is 28.0. The number of Topliss-reactive ketones (excluding diaryl/α,β-unsaturated/α-hetero) is 1. The lowest BCUT2D eigenvalue weighted by Crippen LogP contribution is -2.19. The van der Waals surface area contributed by atoms with Crippen LogP contribution in [0, 0.1) is 0 Å². The van der Waals surface area contributed by atoms with E-state index in [-0.39, 0.29) is 11.3 Å². The smallest absolute Gasteiger partial charge is 0.266 e. The summed E-state index contributed by atoms with van der Waals surface area (Å²) in [6, 6.07) is 8.78. The fraction of sp³-hybridized carbons (Fsp3) is 0.0588. The zero-order valence-electron chi connectivity index (χ0n) is 12.5. The first-order valence-electron chi connectivity index (χ1n) is 6.90. The first-order valence-corrected chi connectivity index (χ1v) is 9.39. The van der Waals surface area contributed by atoms with E-state index in [1.54, 1.807) is 31.4 Å². The maximum atomic E-state index is 12.3. The van der Waals surface area contributed by atoms with Crippen LogP contribution in [0.5, 0.6) is 5.75 Å². The number of hydrogen-bond acceptors (Lipinski definition) is 5. The number of carbonyl (C=O) groups is 1. The molecule has 3 aromatic rings. The van der Waals surface area contributed by atoms with Gasteiger partial charge < -0.3 is 9.72 Å². The number of halogens is 1. The number of thiazole rings is 1. The first kappa shape index (κ1) is 16.9. The van der Waals surface area contributed by atoms with E-state index in [1.807, 2.05) is 17.5 Å². The molecule has 3 rings (SSSR count). The van der Waals surface area contributed by atoms with Gasteiger partial charge in [0.2, 0.25) is 0 Å². The van der Waals surface area contributed by atoms with Gasteiger partial charge >= 0.3 is 0 Å². The number of carbonyl (C=O) groups excluding carboxylic acids is 1. The maximum Gasteiger partial charge on any atom is 0.266 e. The number of methoxy groups -OCH3 is 1. The molecule has 0 saturated carbocycles. The van der Waals surface area contributed by atoms with Crippen LogP contribution in [0.1, 0.15) is 15.2 Å². The minimum atomic E-state index is -0.196. The van der Waals surface area contributed by atoms with Gasteiger partial charge in [0.25, 0.3) is 5.56 Å². The summed E-state index contributed by atoms with van der Waals surface area (Å²) in [5.41, 5.74) is 0.344. The number of thiophene rings is 1. The van der Waals surface area contributed by atoms with Gasteiger partial charge in [0.05, 0.1) is 16.3 Å². The van der Waals surface area contributed by atoms with Crippen LogP contribution >= 0.6 is 38.6 Å². The summed E-state index contributed by atoms with van der Waals surface area (Å²) < 4.78 is 7.15. The van der Waals surface area contributed by atoms with Crippen molar-refractivity contribution in [2.75, 3.05) is 7.11 Å². The SMILES string of the molecule is COc1ccc(C(=O)/C=c2/[nH]c(=O)/c(=C/c3cc(Br)cs3)s2)cc1. The molecule has 0 atom stereocenters. The van der Waals surface area contributed by atoms with Gasteiger partial charge in [-0.1, -0.05) is 0 Å². The zero-order valence-corrected chi connectivity index (χ0v) is 15.8. The van der Waals surface area contributed by atoms with E-state index in [4.69, 9.17) is 4.74 Å². The number of ketones is 1. The standard InChI is InChI=1S/C17H12BrNO3S2/c1-22-12-4-2-10(3-5-12)14(20)8-16-19-17(21)15(24-16)7-13-6-11(18)9-23-13/h2-9H,1H3,(H,19,21)/b15-7-,16-8-. The van der Waals surface area contributed by atoms with Crippen molar-refractivity contribution in [3.05, 3.63) is 70.2 Å². The summed E-state index contributed by atoms with van der Waals surface area (Å²) in [6.07, 6.45) is 3.25. The Morgan fingerprint density at radius 1 is 1.29 bits per heavy atom. The van der Waals surface area contributed by atoms with Gasteiger partial charge in [-0.15, -0.1) is 22.7 Å². The van der Waals surface area contributed by atoms with Crippen LogP contribution in [-0.2, 0) is 0 Å². The first-order chi connectivity index (χ1) is 11.5. The second kappa shape index (κ2) is 7.29. The molecule has 0 aliphatic carbocycles. The van der Waals surface area contributed by atoms with Gasteiger partial charge in [-0.05, 0) is 52.3 Å². The maximum absolute atomic E-state index is 12.3. The minimum absolute atomic E-state index is 0.166. The molecule has 0 saturated heterocycles. The number of rotatable bonds is 4. The number of nitrogens with one attached hydrogen (secondary N) is 1. The Labute approximate surface area is 153 Å². The third-order valence-corrected chi connectivity index (χ3v) is 5.78. The van der Waals surface area contributed by atoms with Gasteiger partial charge in [-0.25, -0.2) is 0 Å². The van der Waals surface area contributed by atoms with Crippen LogP contribution in [0.3, 0.4) is 0 Å². The summed E-state index contributed by atoms with van der Waals surface area (Å²) in [7, 11) is 1.57. The Balaban J connectivity index is 1.93.